The van der Waals surface area contributed by atoms with Crippen LogP contribution in [0.1, 0.15) is 12.8 Å². The number of halogens is 2. The lowest BCUT2D eigenvalue weighted by Crippen LogP contribution is -2.28. The van der Waals surface area contributed by atoms with Crippen LogP contribution in [0.3, 0.4) is 0 Å². The minimum Gasteiger partial charge on any atom is -0.504 e. The number of nitrogens with zero attached hydrogens (tertiary/aromatic N) is 3. The number of rotatable bonds is 7. The van der Waals surface area contributed by atoms with Crippen LogP contribution in [-0.2, 0) is 10.0 Å². The van der Waals surface area contributed by atoms with Gasteiger partial charge in [-0.3, -0.25) is 0 Å². The minimum atomic E-state index is -3.75. The highest BCUT2D eigenvalue weighted by Gasteiger charge is 2.37. The molecule has 1 saturated carbocycles. The van der Waals surface area contributed by atoms with Gasteiger partial charge in [0.2, 0.25) is 0 Å². The van der Waals surface area contributed by atoms with E-state index in [4.69, 9.17) is 23.2 Å². The minimum absolute atomic E-state index is 0.00102. The lowest BCUT2D eigenvalue weighted by molar-refractivity contribution is 0.445. The van der Waals surface area contributed by atoms with Gasteiger partial charge in [-0.25, -0.2) is 8.42 Å². The van der Waals surface area contributed by atoms with Crippen LogP contribution in [0.25, 0.3) is 0 Å². The second kappa shape index (κ2) is 7.89. The summed E-state index contributed by atoms with van der Waals surface area (Å²) in [6.45, 7) is 0. The number of hydrogen-bond donors (Lipinski definition) is 3. The van der Waals surface area contributed by atoms with Crippen molar-refractivity contribution in [1.82, 2.24) is 13.1 Å². The number of anilines is 4. The highest BCUT2D eigenvalue weighted by molar-refractivity contribution is 7.91. The SMILES string of the molecule is CN(C1CC1)S(=O)(=O)c1scc(Nc2nsnc2Nc2cccc(Cl)c2Cl)c1O. The molecular formula is C16H15Cl2N5O3S3. The average Bonchev–Trinajstić information content (AvgIpc) is 3.34. The van der Waals surface area contributed by atoms with E-state index in [9.17, 15) is 13.5 Å². The molecule has 0 unspecified atom stereocenters. The molecule has 2 heterocycles. The van der Waals surface area contributed by atoms with Crippen molar-refractivity contribution < 1.29 is 13.5 Å². The number of nitrogens with one attached hydrogen (secondary N) is 2. The van der Waals surface area contributed by atoms with Crippen LogP contribution >= 0.6 is 46.3 Å². The van der Waals surface area contributed by atoms with Gasteiger partial charge < -0.3 is 15.7 Å². The van der Waals surface area contributed by atoms with E-state index in [1.54, 1.807) is 18.2 Å². The van der Waals surface area contributed by atoms with E-state index in [0.717, 1.165) is 35.9 Å². The molecule has 1 aliphatic rings. The summed E-state index contributed by atoms with van der Waals surface area (Å²) in [6.07, 6.45) is 1.66. The molecule has 154 valence electrons. The molecule has 2 aromatic heterocycles. The van der Waals surface area contributed by atoms with Crippen molar-refractivity contribution in [2.75, 3.05) is 17.7 Å². The van der Waals surface area contributed by atoms with Gasteiger partial charge in [0.1, 0.15) is 0 Å². The molecule has 1 aliphatic carbocycles. The van der Waals surface area contributed by atoms with Crippen LogP contribution < -0.4 is 10.6 Å². The Hall–Kier alpha value is -1.63. The van der Waals surface area contributed by atoms with Gasteiger partial charge in [-0.2, -0.15) is 13.1 Å². The van der Waals surface area contributed by atoms with Crippen LogP contribution in [0.15, 0.2) is 27.8 Å². The third-order valence-corrected chi connectivity index (χ3v) is 9.10. The molecule has 3 N–H and O–H groups in total. The summed E-state index contributed by atoms with van der Waals surface area (Å²) in [4.78, 5) is 0. The third-order valence-electron chi connectivity index (χ3n) is 4.35. The smallest absolute Gasteiger partial charge is 0.256 e. The first-order chi connectivity index (χ1) is 13.8. The summed E-state index contributed by atoms with van der Waals surface area (Å²) in [7, 11) is -2.22. The lowest BCUT2D eigenvalue weighted by atomic mass is 10.3. The molecule has 0 bridgehead atoms. The summed E-state index contributed by atoms with van der Waals surface area (Å²) in [6, 6.07) is 5.13. The molecule has 0 atom stereocenters. The Balaban J connectivity index is 1.58. The van der Waals surface area contributed by atoms with Crippen LogP contribution in [-0.4, -0.2) is 39.7 Å². The second-order valence-corrected chi connectivity index (χ2v) is 10.7. The number of aromatic nitrogens is 2. The second-order valence-electron chi connectivity index (χ2n) is 6.35. The maximum absolute atomic E-state index is 12.7. The monoisotopic (exact) mass is 491 g/mol. The van der Waals surface area contributed by atoms with E-state index in [-0.39, 0.29) is 21.7 Å². The molecule has 0 amide bonds. The predicted molar refractivity (Wildman–Crippen MR) is 117 cm³/mol. The van der Waals surface area contributed by atoms with Crippen molar-refractivity contribution in [3.8, 4) is 5.75 Å². The normalized spacial score (nSPS) is 14.3. The van der Waals surface area contributed by atoms with E-state index in [1.165, 1.54) is 16.7 Å². The van der Waals surface area contributed by atoms with Crippen molar-refractivity contribution in [3.63, 3.8) is 0 Å². The van der Waals surface area contributed by atoms with Gasteiger partial charge in [-0.15, -0.1) is 11.3 Å². The maximum atomic E-state index is 12.7. The van der Waals surface area contributed by atoms with E-state index in [2.05, 4.69) is 19.4 Å². The van der Waals surface area contributed by atoms with Crippen LogP contribution in [0, 0.1) is 0 Å². The van der Waals surface area contributed by atoms with Gasteiger partial charge in [-0.1, -0.05) is 29.3 Å². The maximum Gasteiger partial charge on any atom is 0.256 e. The molecule has 8 nitrogen and oxygen atoms in total. The molecule has 0 radical (unpaired) electrons. The van der Waals surface area contributed by atoms with Crippen molar-refractivity contribution in [2.24, 2.45) is 0 Å². The molecule has 0 aliphatic heterocycles. The average molecular weight is 492 g/mol. The molecule has 29 heavy (non-hydrogen) atoms. The van der Waals surface area contributed by atoms with Gasteiger partial charge in [0.25, 0.3) is 10.0 Å². The summed E-state index contributed by atoms with van der Waals surface area (Å²) in [5.74, 6) is 0.338. The largest absolute Gasteiger partial charge is 0.504 e. The fourth-order valence-corrected chi connectivity index (χ4v) is 6.21. The van der Waals surface area contributed by atoms with Crippen LogP contribution in [0.4, 0.5) is 23.0 Å². The molecular weight excluding hydrogens is 477 g/mol. The molecule has 1 fully saturated rings. The van der Waals surface area contributed by atoms with Crippen molar-refractivity contribution in [2.45, 2.75) is 23.1 Å². The first-order valence-electron chi connectivity index (χ1n) is 8.38. The third kappa shape index (κ3) is 4.03. The van der Waals surface area contributed by atoms with Gasteiger partial charge in [0.05, 0.1) is 33.1 Å². The number of aromatic hydroxyl groups is 1. The number of hydrogen-bond acceptors (Lipinski definition) is 9. The van der Waals surface area contributed by atoms with Crippen LogP contribution in [0.5, 0.6) is 5.75 Å². The summed E-state index contributed by atoms with van der Waals surface area (Å²) < 4.78 is 35.0. The molecule has 0 spiro atoms. The Bertz CT molecular complexity index is 1160. The highest BCUT2D eigenvalue weighted by Crippen LogP contribution is 2.43. The number of sulfonamides is 1. The fourth-order valence-electron chi connectivity index (χ4n) is 2.58. The van der Waals surface area contributed by atoms with Gasteiger partial charge >= 0.3 is 0 Å². The number of thiophene rings is 1. The fraction of sp³-hybridized carbons (Fsp3) is 0.250. The van der Waals surface area contributed by atoms with Crippen molar-refractivity contribution in [3.05, 3.63) is 33.6 Å². The zero-order valence-corrected chi connectivity index (χ0v) is 18.8. The molecule has 0 saturated heterocycles. The zero-order valence-electron chi connectivity index (χ0n) is 14.9. The van der Waals surface area contributed by atoms with E-state index in [0.29, 0.717) is 27.4 Å². The Morgan fingerprint density at radius 1 is 1.17 bits per heavy atom. The Morgan fingerprint density at radius 2 is 1.83 bits per heavy atom. The predicted octanol–water partition coefficient (Wildman–Crippen LogP) is 4.88. The number of benzene rings is 1. The van der Waals surface area contributed by atoms with E-state index < -0.39 is 10.0 Å². The molecule has 3 aromatic rings. The Morgan fingerprint density at radius 3 is 2.48 bits per heavy atom. The lowest BCUT2D eigenvalue weighted by Gasteiger charge is -2.15. The Labute approximate surface area is 185 Å². The van der Waals surface area contributed by atoms with Gasteiger partial charge in [0.15, 0.2) is 21.6 Å². The topological polar surface area (TPSA) is 107 Å². The zero-order chi connectivity index (χ0) is 20.8. The van der Waals surface area contributed by atoms with Gasteiger partial charge in [-0.05, 0) is 25.0 Å². The standard InChI is InChI=1S/C16H15Cl2N5O3S3/c1-23(8-5-6-8)29(25,26)16-13(24)11(7-27-16)20-15-14(21-28-22-15)19-10-4-2-3-9(17)12(10)18/h2-4,7-8,24H,5-6H2,1H3,(H,19,21)(H,20,22). The summed E-state index contributed by atoms with van der Waals surface area (Å²) in [5, 5.41) is 18.7. The first kappa shape index (κ1) is 20.6. The molecule has 4 rings (SSSR count). The van der Waals surface area contributed by atoms with E-state index in [1.807, 2.05) is 0 Å². The Kier molecular flexibility index (Phi) is 5.62. The van der Waals surface area contributed by atoms with E-state index >= 15 is 0 Å². The van der Waals surface area contributed by atoms with Gasteiger partial charge in [0, 0.05) is 18.5 Å². The molecule has 13 heteroatoms. The first-order valence-corrected chi connectivity index (χ1v) is 12.2. The quantitative estimate of drug-likeness (QED) is 0.431. The summed E-state index contributed by atoms with van der Waals surface area (Å²) in [5.41, 5.74) is 0.768. The summed E-state index contributed by atoms with van der Waals surface area (Å²) >= 11 is 14.1. The highest BCUT2D eigenvalue weighted by atomic mass is 35.5. The molecule has 1 aromatic carbocycles. The van der Waals surface area contributed by atoms with Crippen molar-refractivity contribution >= 4 is 79.3 Å². The van der Waals surface area contributed by atoms with Crippen LogP contribution in [0.2, 0.25) is 10.0 Å². The van der Waals surface area contributed by atoms with Crippen molar-refractivity contribution in [1.29, 1.82) is 0 Å².